The van der Waals surface area contributed by atoms with Gasteiger partial charge in [0.15, 0.2) is 11.4 Å². The van der Waals surface area contributed by atoms with Gasteiger partial charge in [-0.2, -0.15) is 0 Å². The molecule has 2 aliphatic rings. The standard InChI is InChI=1S/C22H21ClN2O7/c1-7-8-6-9-16(25(2)3)18(28)15(21(24)31)20(30)22(9,32)19(29)13(8)17(27)14-11(26)5-4-10(23)12(7)14/h4-5,9,16,26-27,30,32H,6H2,1-3H3,(H2,24,31)/t9?,16-,22-/m0/s1. The first-order valence-corrected chi connectivity index (χ1v) is 10.1. The number of Topliss-reactive ketones (excluding diaryl/α,β-unsaturated/α-hetero) is 2. The Morgan fingerprint density at radius 3 is 2.38 bits per heavy atom. The highest BCUT2D eigenvalue weighted by Crippen LogP contribution is 2.51. The van der Waals surface area contributed by atoms with Crippen LogP contribution in [0.4, 0.5) is 0 Å². The first-order chi connectivity index (χ1) is 14.8. The van der Waals surface area contributed by atoms with E-state index >= 15 is 0 Å². The summed E-state index contributed by atoms with van der Waals surface area (Å²) in [6, 6.07) is 1.54. The van der Waals surface area contributed by atoms with Crippen LogP contribution in [0.15, 0.2) is 23.5 Å². The number of nitrogens with zero attached hydrogens (tertiary/aromatic N) is 1. The summed E-state index contributed by atoms with van der Waals surface area (Å²) in [5.41, 5.74) is 2.19. The molecule has 0 aliphatic heterocycles. The van der Waals surface area contributed by atoms with E-state index in [1.54, 1.807) is 6.92 Å². The molecule has 10 heteroatoms. The maximum Gasteiger partial charge on any atom is 0.255 e. The molecule has 32 heavy (non-hydrogen) atoms. The number of aliphatic hydroxyl groups is 2. The number of likely N-dealkylation sites (N-methyl/N-ethyl adjacent to an activating group) is 1. The van der Waals surface area contributed by atoms with Gasteiger partial charge in [0.25, 0.3) is 5.91 Å². The van der Waals surface area contributed by atoms with Crippen LogP contribution in [0, 0.1) is 12.8 Å². The quantitative estimate of drug-likeness (QED) is 0.416. The van der Waals surface area contributed by atoms with Crippen LogP contribution in [0.1, 0.15) is 21.5 Å². The van der Waals surface area contributed by atoms with Crippen LogP contribution in [-0.4, -0.2) is 68.5 Å². The number of nitrogens with two attached hydrogens (primary N) is 1. The number of hydrogen-bond donors (Lipinski definition) is 5. The molecule has 168 valence electrons. The zero-order chi connectivity index (χ0) is 23.9. The van der Waals surface area contributed by atoms with E-state index < -0.39 is 52.1 Å². The Hall–Kier alpha value is -3.14. The van der Waals surface area contributed by atoms with E-state index in [9.17, 15) is 34.8 Å². The van der Waals surface area contributed by atoms with E-state index in [1.165, 1.54) is 31.1 Å². The molecular formula is C22H21ClN2O7. The number of halogens is 1. The fraction of sp³-hybridized carbons (Fsp3) is 0.318. The van der Waals surface area contributed by atoms with E-state index in [4.69, 9.17) is 17.3 Å². The highest BCUT2D eigenvalue weighted by atomic mass is 35.5. The highest BCUT2D eigenvalue weighted by molar-refractivity contribution is 6.37. The van der Waals surface area contributed by atoms with Crippen molar-refractivity contribution in [2.45, 2.75) is 25.0 Å². The van der Waals surface area contributed by atoms with Crippen LogP contribution in [0.25, 0.3) is 10.8 Å². The van der Waals surface area contributed by atoms with Gasteiger partial charge >= 0.3 is 0 Å². The van der Waals surface area contributed by atoms with Crippen molar-refractivity contribution >= 4 is 39.8 Å². The molecule has 1 unspecified atom stereocenters. The minimum absolute atomic E-state index is 0.0845. The van der Waals surface area contributed by atoms with Crippen molar-refractivity contribution in [1.29, 1.82) is 0 Å². The Labute approximate surface area is 187 Å². The number of carbonyl (C=O) groups excluding carboxylic acids is 3. The maximum atomic E-state index is 13.6. The number of ketones is 2. The number of benzene rings is 2. The number of phenols is 2. The van der Waals surface area contributed by atoms with E-state index in [-0.39, 0.29) is 28.1 Å². The Morgan fingerprint density at radius 2 is 1.81 bits per heavy atom. The fourth-order valence-corrected chi connectivity index (χ4v) is 5.40. The smallest absolute Gasteiger partial charge is 0.255 e. The molecule has 6 N–H and O–H groups in total. The highest BCUT2D eigenvalue weighted by Gasteiger charge is 2.62. The van der Waals surface area contributed by atoms with Gasteiger partial charge in [-0.25, -0.2) is 0 Å². The second-order valence-electron chi connectivity index (χ2n) is 8.41. The summed E-state index contributed by atoms with van der Waals surface area (Å²) in [5.74, 6) is -6.49. The first kappa shape index (κ1) is 22.1. The number of aryl methyl sites for hydroxylation is 1. The minimum Gasteiger partial charge on any atom is -0.508 e. The van der Waals surface area contributed by atoms with Crippen molar-refractivity contribution in [1.82, 2.24) is 4.90 Å². The normalized spacial score (nSPS) is 25.3. The Kier molecular flexibility index (Phi) is 4.78. The van der Waals surface area contributed by atoms with Crippen LogP contribution < -0.4 is 5.73 Å². The number of aliphatic hydroxyl groups excluding tert-OH is 1. The Morgan fingerprint density at radius 1 is 1.19 bits per heavy atom. The fourth-order valence-electron chi connectivity index (χ4n) is 5.10. The minimum atomic E-state index is -2.69. The lowest BCUT2D eigenvalue weighted by Gasteiger charge is -2.47. The van der Waals surface area contributed by atoms with Gasteiger partial charge in [0, 0.05) is 16.3 Å². The summed E-state index contributed by atoms with van der Waals surface area (Å²) >= 11 is 6.31. The van der Waals surface area contributed by atoms with Crippen LogP contribution in [0.2, 0.25) is 5.02 Å². The monoisotopic (exact) mass is 460 g/mol. The van der Waals surface area contributed by atoms with Gasteiger partial charge in [-0.1, -0.05) is 11.6 Å². The van der Waals surface area contributed by atoms with Crippen LogP contribution in [-0.2, 0) is 16.0 Å². The molecule has 4 rings (SSSR count). The number of aromatic hydroxyl groups is 2. The lowest BCUT2D eigenvalue weighted by Crippen LogP contribution is -2.64. The van der Waals surface area contributed by atoms with Crippen LogP contribution in [0.5, 0.6) is 11.5 Å². The average molecular weight is 461 g/mol. The van der Waals surface area contributed by atoms with Gasteiger partial charge in [-0.15, -0.1) is 0 Å². The van der Waals surface area contributed by atoms with Crippen molar-refractivity contribution < 1.29 is 34.8 Å². The van der Waals surface area contributed by atoms with Gasteiger partial charge < -0.3 is 26.2 Å². The summed E-state index contributed by atoms with van der Waals surface area (Å²) in [4.78, 5) is 40.0. The van der Waals surface area contributed by atoms with Gasteiger partial charge in [0.05, 0.1) is 17.0 Å². The molecule has 0 radical (unpaired) electrons. The molecule has 0 saturated heterocycles. The first-order valence-electron chi connectivity index (χ1n) is 9.72. The van der Waals surface area contributed by atoms with Crippen molar-refractivity contribution in [3.05, 3.63) is 45.2 Å². The number of phenolic OH excluding ortho intramolecular Hbond substituents is 2. The number of rotatable bonds is 2. The molecule has 3 atom stereocenters. The Balaban J connectivity index is 2.13. The molecule has 0 spiro atoms. The predicted octanol–water partition coefficient (Wildman–Crippen LogP) is 1.11. The molecule has 9 nitrogen and oxygen atoms in total. The molecule has 0 bridgehead atoms. The summed E-state index contributed by atoms with van der Waals surface area (Å²) in [5, 5.41) is 44.0. The molecule has 1 amide bonds. The summed E-state index contributed by atoms with van der Waals surface area (Å²) < 4.78 is 0. The SMILES string of the molecule is Cc1c2c(c(O)c3c(O)ccc(Cl)c13)C(=O)[C@]1(O)C(O)=C(C(N)=O)C(=O)[C@@H](N(C)C)C1C2. The lowest BCUT2D eigenvalue weighted by molar-refractivity contribution is -0.132. The average Bonchev–Trinajstić information content (AvgIpc) is 2.69. The molecule has 0 fully saturated rings. The van der Waals surface area contributed by atoms with E-state index in [0.717, 1.165) is 0 Å². The van der Waals surface area contributed by atoms with Crippen LogP contribution >= 0.6 is 11.6 Å². The second-order valence-corrected chi connectivity index (χ2v) is 8.82. The predicted molar refractivity (Wildman–Crippen MR) is 115 cm³/mol. The molecule has 0 heterocycles. The maximum absolute atomic E-state index is 13.6. The molecule has 2 aromatic rings. The summed E-state index contributed by atoms with van der Waals surface area (Å²) in [6.45, 7) is 1.64. The third-order valence-electron chi connectivity index (χ3n) is 6.57. The zero-order valence-corrected chi connectivity index (χ0v) is 18.2. The molecule has 2 aliphatic carbocycles. The van der Waals surface area contributed by atoms with Crippen molar-refractivity contribution in [2.75, 3.05) is 14.1 Å². The van der Waals surface area contributed by atoms with Gasteiger partial charge in [-0.05, 0) is 50.7 Å². The van der Waals surface area contributed by atoms with Gasteiger partial charge in [-0.3, -0.25) is 19.3 Å². The zero-order valence-electron chi connectivity index (χ0n) is 17.4. The second kappa shape index (κ2) is 6.93. The molecule has 0 aromatic heterocycles. The summed E-state index contributed by atoms with van der Waals surface area (Å²) in [7, 11) is 3.06. The van der Waals surface area contributed by atoms with E-state index in [0.29, 0.717) is 16.5 Å². The van der Waals surface area contributed by atoms with E-state index in [1.807, 2.05) is 0 Å². The third-order valence-corrected chi connectivity index (χ3v) is 6.88. The van der Waals surface area contributed by atoms with Gasteiger partial charge in [0.1, 0.15) is 22.8 Å². The van der Waals surface area contributed by atoms with Crippen molar-refractivity contribution in [2.24, 2.45) is 11.7 Å². The van der Waals surface area contributed by atoms with Gasteiger partial charge in [0.2, 0.25) is 5.78 Å². The van der Waals surface area contributed by atoms with Crippen molar-refractivity contribution in [3.8, 4) is 11.5 Å². The Bertz CT molecular complexity index is 1280. The van der Waals surface area contributed by atoms with Crippen LogP contribution in [0.3, 0.4) is 0 Å². The lowest BCUT2D eigenvalue weighted by atomic mass is 9.61. The topological polar surface area (TPSA) is 161 Å². The summed E-state index contributed by atoms with van der Waals surface area (Å²) in [6.07, 6.45) is -0.108. The number of amides is 1. The molecular weight excluding hydrogens is 440 g/mol. The number of carbonyl (C=O) groups is 3. The van der Waals surface area contributed by atoms with Crippen molar-refractivity contribution in [3.63, 3.8) is 0 Å². The number of primary amides is 1. The molecule has 0 saturated carbocycles. The largest absolute Gasteiger partial charge is 0.508 e. The van der Waals surface area contributed by atoms with E-state index in [2.05, 4.69) is 0 Å². The third kappa shape index (κ3) is 2.55. The number of hydrogen-bond acceptors (Lipinski definition) is 8. The molecule has 2 aromatic carbocycles. The number of fused-ring (bicyclic) bond motifs is 3.